The van der Waals surface area contributed by atoms with Gasteiger partial charge in [-0.2, -0.15) is 0 Å². The smallest absolute Gasteiger partial charge is 0.253 e. The van der Waals surface area contributed by atoms with Crippen molar-refractivity contribution in [2.75, 3.05) is 56.2 Å². The highest BCUT2D eigenvalue weighted by Crippen LogP contribution is 2.19. The summed E-state index contributed by atoms with van der Waals surface area (Å²) in [6, 6.07) is 11.8. The Hall–Kier alpha value is -2.60. The lowest BCUT2D eigenvalue weighted by Crippen LogP contribution is -2.35. The Morgan fingerprint density at radius 3 is 2.63 bits per heavy atom. The van der Waals surface area contributed by atoms with Gasteiger partial charge in [-0.05, 0) is 49.7 Å². The van der Waals surface area contributed by atoms with Crippen molar-refractivity contribution < 1.29 is 9.90 Å². The molecule has 1 N–H and O–H groups in total. The van der Waals surface area contributed by atoms with Gasteiger partial charge in [-0.25, -0.2) is 0 Å². The summed E-state index contributed by atoms with van der Waals surface area (Å²) in [7, 11) is 1.93. The molecule has 6 heteroatoms. The Kier molecular flexibility index (Phi) is 6.29. The van der Waals surface area contributed by atoms with Crippen LogP contribution in [-0.2, 0) is 0 Å². The maximum Gasteiger partial charge on any atom is 0.253 e. The van der Waals surface area contributed by atoms with Crippen molar-refractivity contribution >= 4 is 17.3 Å². The first-order valence-electron chi connectivity index (χ1n) is 9.47. The molecule has 0 saturated carbocycles. The molecule has 27 heavy (non-hydrogen) atoms. The van der Waals surface area contributed by atoms with Crippen LogP contribution in [-0.4, -0.2) is 67.3 Å². The minimum absolute atomic E-state index is 0.0825. The molecule has 1 aromatic carbocycles. The van der Waals surface area contributed by atoms with Crippen LogP contribution in [0.3, 0.4) is 0 Å². The number of hydrogen-bond acceptors (Lipinski definition) is 5. The molecule has 0 bridgehead atoms. The number of rotatable bonds is 5. The summed E-state index contributed by atoms with van der Waals surface area (Å²) >= 11 is 0. The van der Waals surface area contributed by atoms with Crippen LogP contribution in [0, 0.1) is 6.92 Å². The zero-order valence-corrected chi connectivity index (χ0v) is 16.1. The molecule has 0 atom stereocenters. The van der Waals surface area contributed by atoms with Gasteiger partial charge in [-0.15, -0.1) is 0 Å². The fourth-order valence-electron chi connectivity index (χ4n) is 3.43. The number of carbonyl (C=O) groups excluding carboxylic acids is 1. The molecule has 1 amide bonds. The van der Waals surface area contributed by atoms with Crippen LogP contribution in [0.1, 0.15) is 22.5 Å². The van der Waals surface area contributed by atoms with Gasteiger partial charge in [0.25, 0.3) is 5.91 Å². The number of aliphatic hydroxyl groups excluding tert-OH is 1. The number of pyridine rings is 1. The molecule has 1 fully saturated rings. The molecule has 2 heterocycles. The molecule has 1 aromatic heterocycles. The van der Waals surface area contributed by atoms with E-state index in [0.29, 0.717) is 18.7 Å². The number of aryl methyl sites for hydroxylation is 1. The quantitative estimate of drug-likeness (QED) is 0.877. The standard InChI is InChI=1S/C21H28N4O2/c1-17-16-20(8-9-22-17)24-10-3-11-25(13-12-24)21(27)18-4-6-19(7-5-18)23(2)14-15-26/h4-9,16,26H,3,10-15H2,1-2H3. The van der Waals surface area contributed by atoms with Crippen molar-refractivity contribution in [2.24, 2.45) is 0 Å². The molecule has 0 unspecified atom stereocenters. The third-order valence-electron chi connectivity index (χ3n) is 5.02. The van der Waals surface area contributed by atoms with Crippen molar-refractivity contribution in [3.8, 4) is 0 Å². The number of anilines is 2. The summed E-state index contributed by atoms with van der Waals surface area (Å²) in [5.74, 6) is 0.0825. The monoisotopic (exact) mass is 368 g/mol. The summed E-state index contributed by atoms with van der Waals surface area (Å²) in [6.07, 6.45) is 2.79. The first-order valence-corrected chi connectivity index (χ1v) is 9.47. The highest BCUT2D eigenvalue weighted by atomic mass is 16.3. The lowest BCUT2D eigenvalue weighted by atomic mass is 10.1. The number of nitrogens with zero attached hydrogens (tertiary/aromatic N) is 4. The van der Waals surface area contributed by atoms with E-state index < -0.39 is 0 Å². The second-order valence-electron chi connectivity index (χ2n) is 6.98. The maximum absolute atomic E-state index is 12.9. The second-order valence-corrected chi connectivity index (χ2v) is 6.98. The van der Waals surface area contributed by atoms with E-state index in [1.807, 2.05) is 60.3 Å². The summed E-state index contributed by atoms with van der Waals surface area (Å²) in [4.78, 5) is 23.4. The van der Waals surface area contributed by atoms with E-state index >= 15 is 0 Å². The molecule has 6 nitrogen and oxygen atoms in total. The zero-order chi connectivity index (χ0) is 19.2. The largest absolute Gasteiger partial charge is 0.395 e. The van der Waals surface area contributed by atoms with Crippen LogP contribution in [0.25, 0.3) is 0 Å². The number of amides is 1. The molecule has 2 aromatic rings. The number of benzene rings is 1. The number of hydrogen-bond donors (Lipinski definition) is 1. The van der Waals surface area contributed by atoms with Crippen molar-refractivity contribution in [3.05, 3.63) is 53.9 Å². The van der Waals surface area contributed by atoms with Crippen LogP contribution >= 0.6 is 0 Å². The van der Waals surface area contributed by atoms with Crippen LogP contribution < -0.4 is 9.80 Å². The number of aromatic nitrogens is 1. The Bertz CT molecular complexity index is 763. The molecule has 0 aliphatic carbocycles. The third-order valence-corrected chi connectivity index (χ3v) is 5.02. The summed E-state index contributed by atoms with van der Waals surface area (Å²) in [5, 5.41) is 9.05. The molecule has 1 aliphatic rings. The van der Waals surface area contributed by atoms with Crippen LogP contribution in [0.2, 0.25) is 0 Å². The summed E-state index contributed by atoms with van der Waals surface area (Å²) in [5.41, 5.74) is 3.89. The average molecular weight is 368 g/mol. The number of carbonyl (C=O) groups is 1. The van der Waals surface area contributed by atoms with E-state index in [9.17, 15) is 4.79 Å². The van der Waals surface area contributed by atoms with E-state index in [0.717, 1.165) is 37.4 Å². The highest BCUT2D eigenvalue weighted by molar-refractivity contribution is 5.94. The normalized spacial score (nSPS) is 14.8. The highest BCUT2D eigenvalue weighted by Gasteiger charge is 2.20. The van der Waals surface area contributed by atoms with Gasteiger partial charge in [0.1, 0.15) is 0 Å². The Labute approximate surface area is 161 Å². The molecular weight excluding hydrogens is 340 g/mol. The van der Waals surface area contributed by atoms with E-state index in [4.69, 9.17) is 5.11 Å². The molecule has 0 radical (unpaired) electrons. The van der Waals surface area contributed by atoms with Gasteiger partial charge in [0.15, 0.2) is 0 Å². The van der Waals surface area contributed by atoms with Gasteiger partial charge in [0.2, 0.25) is 0 Å². The molecule has 1 aliphatic heterocycles. The molecule has 3 rings (SSSR count). The predicted octanol–water partition coefficient (Wildman–Crippen LogP) is 2.17. The van der Waals surface area contributed by atoms with E-state index in [1.165, 1.54) is 5.69 Å². The van der Waals surface area contributed by atoms with Gasteiger partial charge >= 0.3 is 0 Å². The Morgan fingerprint density at radius 2 is 1.93 bits per heavy atom. The van der Waals surface area contributed by atoms with Crippen LogP contribution in [0.5, 0.6) is 0 Å². The second kappa shape index (κ2) is 8.86. The van der Waals surface area contributed by atoms with Gasteiger partial charge in [-0.1, -0.05) is 0 Å². The van der Waals surface area contributed by atoms with Crippen LogP contribution in [0.15, 0.2) is 42.6 Å². The lowest BCUT2D eigenvalue weighted by Gasteiger charge is -2.24. The fraction of sp³-hybridized carbons (Fsp3) is 0.429. The number of likely N-dealkylation sites (N-methyl/N-ethyl adjacent to an activating group) is 1. The van der Waals surface area contributed by atoms with Gasteiger partial charge in [-0.3, -0.25) is 9.78 Å². The molecule has 144 valence electrons. The summed E-state index contributed by atoms with van der Waals surface area (Å²) in [6.45, 7) is 5.93. The first-order chi connectivity index (χ1) is 13.1. The van der Waals surface area contributed by atoms with E-state index in [1.54, 1.807) is 0 Å². The third kappa shape index (κ3) is 4.77. The van der Waals surface area contributed by atoms with Crippen molar-refractivity contribution in [3.63, 3.8) is 0 Å². The summed E-state index contributed by atoms with van der Waals surface area (Å²) < 4.78 is 0. The van der Waals surface area contributed by atoms with Crippen molar-refractivity contribution in [2.45, 2.75) is 13.3 Å². The minimum Gasteiger partial charge on any atom is -0.395 e. The topological polar surface area (TPSA) is 59.9 Å². The SMILES string of the molecule is Cc1cc(N2CCCN(C(=O)c3ccc(N(C)CCO)cc3)CC2)ccn1. The lowest BCUT2D eigenvalue weighted by molar-refractivity contribution is 0.0767. The van der Waals surface area contributed by atoms with Gasteiger partial charge in [0.05, 0.1) is 6.61 Å². The number of aliphatic hydroxyl groups is 1. The Balaban J connectivity index is 1.64. The first kappa shape index (κ1) is 19.2. The average Bonchev–Trinajstić information content (AvgIpc) is 2.94. The van der Waals surface area contributed by atoms with E-state index in [-0.39, 0.29) is 12.5 Å². The fourth-order valence-corrected chi connectivity index (χ4v) is 3.43. The minimum atomic E-state index is 0.0825. The predicted molar refractivity (Wildman–Crippen MR) is 109 cm³/mol. The maximum atomic E-state index is 12.9. The van der Waals surface area contributed by atoms with Gasteiger partial charge in [0, 0.05) is 68.6 Å². The van der Waals surface area contributed by atoms with Crippen molar-refractivity contribution in [1.82, 2.24) is 9.88 Å². The molecular formula is C21H28N4O2. The van der Waals surface area contributed by atoms with Gasteiger partial charge < -0.3 is 19.8 Å². The Morgan fingerprint density at radius 1 is 1.15 bits per heavy atom. The van der Waals surface area contributed by atoms with Crippen molar-refractivity contribution in [1.29, 1.82) is 0 Å². The zero-order valence-electron chi connectivity index (χ0n) is 16.1. The molecule has 0 spiro atoms. The molecule has 1 saturated heterocycles. The van der Waals surface area contributed by atoms with E-state index in [2.05, 4.69) is 16.0 Å². The van der Waals surface area contributed by atoms with Crippen LogP contribution in [0.4, 0.5) is 11.4 Å².